The maximum absolute atomic E-state index is 11.6. The second-order valence-electron chi connectivity index (χ2n) is 3.81. The molecule has 1 fully saturated rings. The molecule has 0 aromatic rings. The summed E-state index contributed by atoms with van der Waals surface area (Å²) in [4.78, 5) is 13.5. The Labute approximate surface area is 73.9 Å². The van der Waals surface area contributed by atoms with Gasteiger partial charge in [-0.1, -0.05) is 0 Å². The van der Waals surface area contributed by atoms with Crippen LogP contribution in [0.1, 0.15) is 33.6 Å². The van der Waals surface area contributed by atoms with Crippen molar-refractivity contribution in [1.82, 2.24) is 4.90 Å². The topological polar surface area (TPSA) is 46.3 Å². The van der Waals surface area contributed by atoms with E-state index in [0.29, 0.717) is 12.1 Å². The molecule has 3 heteroatoms. The number of nitrogens with two attached hydrogens (primary N) is 1. The first-order valence-corrected chi connectivity index (χ1v) is 4.61. The first-order valence-electron chi connectivity index (χ1n) is 4.61. The molecule has 1 rings (SSSR count). The van der Waals surface area contributed by atoms with E-state index in [-0.39, 0.29) is 11.9 Å². The van der Waals surface area contributed by atoms with Gasteiger partial charge in [-0.25, -0.2) is 0 Å². The highest BCUT2D eigenvalue weighted by Gasteiger charge is 2.32. The van der Waals surface area contributed by atoms with E-state index in [1.165, 1.54) is 0 Å². The molecule has 0 radical (unpaired) electrons. The molecule has 1 aliphatic rings. The molecule has 0 aliphatic carbocycles. The third kappa shape index (κ3) is 1.61. The molecule has 2 N–H and O–H groups in total. The SMILES string of the molecule is CC1CCC(C)N1C(=O)[C@H](C)N. The number of carbonyl (C=O) groups is 1. The van der Waals surface area contributed by atoms with Gasteiger partial charge in [0, 0.05) is 12.1 Å². The van der Waals surface area contributed by atoms with E-state index in [1.54, 1.807) is 6.92 Å². The summed E-state index contributed by atoms with van der Waals surface area (Å²) in [6.45, 7) is 5.92. The van der Waals surface area contributed by atoms with Gasteiger partial charge in [0.2, 0.25) is 5.91 Å². The molecule has 70 valence electrons. The lowest BCUT2D eigenvalue weighted by Gasteiger charge is -2.27. The largest absolute Gasteiger partial charge is 0.336 e. The average Bonchev–Trinajstić information content (AvgIpc) is 2.30. The smallest absolute Gasteiger partial charge is 0.239 e. The molecule has 0 aromatic carbocycles. The zero-order valence-corrected chi connectivity index (χ0v) is 8.08. The number of nitrogens with zero attached hydrogens (tertiary/aromatic N) is 1. The van der Waals surface area contributed by atoms with Crippen LogP contribution in [0.15, 0.2) is 0 Å². The molecule has 0 spiro atoms. The molecule has 2 unspecified atom stereocenters. The van der Waals surface area contributed by atoms with Crippen LogP contribution in [0.25, 0.3) is 0 Å². The monoisotopic (exact) mass is 170 g/mol. The lowest BCUT2D eigenvalue weighted by atomic mass is 10.2. The van der Waals surface area contributed by atoms with Gasteiger partial charge in [-0.15, -0.1) is 0 Å². The Morgan fingerprint density at radius 3 is 2.17 bits per heavy atom. The second kappa shape index (κ2) is 3.44. The zero-order valence-electron chi connectivity index (χ0n) is 8.08. The highest BCUT2D eigenvalue weighted by atomic mass is 16.2. The van der Waals surface area contributed by atoms with Crippen molar-refractivity contribution in [2.75, 3.05) is 0 Å². The Morgan fingerprint density at radius 2 is 1.83 bits per heavy atom. The van der Waals surface area contributed by atoms with Crippen LogP contribution in [0.5, 0.6) is 0 Å². The van der Waals surface area contributed by atoms with Crippen LogP contribution in [0.2, 0.25) is 0 Å². The molecule has 0 saturated carbocycles. The molecule has 1 saturated heterocycles. The summed E-state index contributed by atoms with van der Waals surface area (Å²) < 4.78 is 0. The third-order valence-electron chi connectivity index (χ3n) is 2.60. The summed E-state index contributed by atoms with van der Waals surface area (Å²) in [6.07, 6.45) is 2.22. The predicted octanol–water partition coefficient (Wildman–Crippen LogP) is 0.733. The minimum atomic E-state index is -0.354. The lowest BCUT2D eigenvalue weighted by molar-refractivity contribution is -0.134. The minimum absolute atomic E-state index is 0.0903. The van der Waals surface area contributed by atoms with Crippen molar-refractivity contribution in [3.05, 3.63) is 0 Å². The van der Waals surface area contributed by atoms with Gasteiger partial charge in [-0.05, 0) is 33.6 Å². The van der Waals surface area contributed by atoms with Crippen molar-refractivity contribution in [3.8, 4) is 0 Å². The zero-order chi connectivity index (χ0) is 9.30. The first kappa shape index (κ1) is 9.52. The molecule has 1 amide bonds. The highest BCUT2D eigenvalue weighted by Crippen LogP contribution is 2.23. The Hall–Kier alpha value is -0.570. The van der Waals surface area contributed by atoms with Gasteiger partial charge in [-0.2, -0.15) is 0 Å². The maximum atomic E-state index is 11.6. The maximum Gasteiger partial charge on any atom is 0.239 e. The fourth-order valence-electron chi connectivity index (χ4n) is 1.86. The van der Waals surface area contributed by atoms with Gasteiger partial charge in [0.25, 0.3) is 0 Å². The number of amides is 1. The number of carbonyl (C=O) groups excluding carboxylic acids is 1. The summed E-state index contributed by atoms with van der Waals surface area (Å²) in [7, 11) is 0. The molecule has 12 heavy (non-hydrogen) atoms. The molecule has 0 bridgehead atoms. The Bertz CT molecular complexity index is 169. The van der Waals surface area contributed by atoms with Crippen molar-refractivity contribution in [1.29, 1.82) is 0 Å². The quantitative estimate of drug-likeness (QED) is 0.630. The van der Waals surface area contributed by atoms with Crippen molar-refractivity contribution in [3.63, 3.8) is 0 Å². The lowest BCUT2D eigenvalue weighted by Crippen LogP contribution is -2.46. The van der Waals surface area contributed by atoms with E-state index >= 15 is 0 Å². The van der Waals surface area contributed by atoms with Gasteiger partial charge in [0.15, 0.2) is 0 Å². The van der Waals surface area contributed by atoms with Gasteiger partial charge in [-0.3, -0.25) is 4.79 Å². The Morgan fingerprint density at radius 1 is 1.42 bits per heavy atom. The Kier molecular flexibility index (Phi) is 2.73. The van der Waals surface area contributed by atoms with Crippen LogP contribution in [-0.4, -0.2) is 28.9 Å². The van der Waals surface area contributed by atoms with Crippen LogP contribution in [0, 0.1) is 0 Å². The summed E-state index contributed by atoms with van der Waals surface area (Å²) in [5.41, 5.74) is 5.55. The summed E-state index contributed by atoms with van der Waals surface area (Å²) >= 11 is 0. The fraction of sp³-hybridized carbons (Fsp3) is 0.889. The van der Waals surface area contributed by atoms with E-state index in [2.05, 4.69) is 13.8 Å². The fourth-order valence-corrected chi connectivity index (χ4v) is 1.86. The summed E-state index contributed by atoms with van der Waals surface area (Å²) in [5, 5.41) is 0. The molecule has 3 nitrogen and oxygen atoms in total. The van der Waals surface area contributed by atoms with Gasteiger partial charge in [0.05, 0.1) is 6.04 Å². The van der Waals surface area contributed by atoms with Gasteiger partial charge in [0.1, 0.15) is 0 Å². The van der Waals surface area contributed by atoms with Crippen LogP contribution in [0.4, 0.5) is 0 Å². The van der Waals surface area contributed by atoms with Gasteiger partial charge >= 0.3 is 0 Å². The van der Waals surface area contributed by atoms with Gasteiger partial charge < -0.3 is 10.6 Å². The van der Waals surface area contributed by atoms with E-state index in [0.717, 1.165) is 12.8 Å². The van der Waals surface area contributed by atoms with E-state index < -0.39 is 0 Å². The summed E-state index contributed by atoms with van der Waals surface area (Å²) in [5.74, 6) is 0.0903. The van der Waals surface area contributed by atoms with E-state index in [9.17, 15) is 4.79 Å². The van der Waals surface area contributed by atoms with Crippen LogP contribution in [-0.2, 0) is 4.79 Å². The van der Waals surface area contributed by atoms with Crippen LogP contribution >= 0.6 is 0 Å². The van der Waals surface area contributed by atoms with E-state index in [1.807, 2.05) is 4.90 Å². The predicted molar refractivity (Wildman–Crippen MR) is 48.7 cm³/mol. The molecule has 0 aromatic heterocycles. The highest BCUT2D eigenvalue weighted by molar-refractivity contribution is 5.82. The van der Waals surface area contributed by atoms with Crippen LogP contribution < -0.4 is 5.73 Å². The number of hydrogen-bond donors (Lipinski definition) is 1. The molecular formula is C9H18N2O. The van der Waals surface area contributed by atoms with Crippen molar-refractivity contribution >= 4 is 5.91 Å². The first-order chi connectivity index (χ1) is 5.54. The second-order valence-corrected chi connectivity index (χ2v) is 3.81. The standard InChI is InChI=1S/C9H18N2O/c1-6-4-5-7(2)11(6)9(12)8(3)10/h6-8H,4-5,10H2,1-3H3/t6?,7?,8-/m0/s1. The van der Waals surface area contributed by atoms with Crippen molar-refractivity contribution in [2.24, 2.45) is 5.73 Å². The summed E-state index contributed by atoms with van der Waals surface area (Å²) in [6, 6.07) is 0.394. The molecule has 1 heterocycles. The minimum Gasteiger partial charge on any atom is -0.336 e. The average molecular weight is 170 g/mol. The number of likely N-dealkylation sites (tertiary alicyclic amines) is 1. The number of rotatable bonds is 1. The Balaban J connectivity index is 2.66. The number of hydrogen-bond acceptors (Lipinski definition) is 2. The third-order valence-corrected chi connectivity index (χ3v) is 2.60. The molecular weight excluding hydrogens is 152 g/mol. The normalized spacial score (nSPS) is 32.2. The van der Waals surface area contributed by atoms with Crippen LogP contribution in [0.3, 0.4) is 0 Å². The molecule has 1 aliphatic heterocycles. The van der Waals surface area contributed by atoms with E-state index in [4.69, 9.17) is 5.73 Å². The van der Waals surface area contributed by atoms with Crippen molar-refractivity contribution < 1.29 is 4.79 Å². The van der Waals surface area contributed by atoms with Crippen molar-refractivity contribution in [2.45, 2.75) is 51.7 Å². The molecule has 3 atom stereocenters.